The average molecular weight is 436 g/mol. The van der Waals surface area contributed by atoms with Crippen molar-refractivity contribution in [1.29, 1.82) is 0 Å². The second-order valence-electron chi connectivity index (χ2n) is 6.39. The van der Waals surface area contributed by atoms with Crippen LogP contribution in [0, 0.1) is 6.92 Å². The number of rotatable bonds is 5. The fourth-order valence-electron chi connectivity index (χ4n) is 3.05. The second kappa shape index (κ2) is 7.35. The van der Waals surface area contributed by atoms with Gasteiger partial charge in [-0.2, -0.15) is 0 Å². The zero-order chi connectivity index (χ0) is 19.9. The topological polar surface area (TPSA) is 73.2 Å². The van der Waals surface area contributed by atoms with Crippen molar-refractivity contribution in [3.8, 4) is 17.0 Å². The van der Waals surface area contributed by atoms with Crippen LogP contribution in [0.2, 0.25) is 5.02 Å². The molecule has 2 aromatic carbocycles. The van der Waals surface area contributed by atoms with Gasteiger partial charge in [-0.15, -0.1) is 0 Å². The highest BCUT2D eigenvalue weighted by Crippen LogP contribution is 2.32. The summed E-state index contributed by atoms with van der Waals surface area (Å²) in [4.78, 5) is 4.73. The first-order valence-electron chi connectivity index (χ1n) is 8.55. The third kappa shape index (κ3) is 3.59. The minimum Gasteiger partial charge on any atom is -0.495 e. The van der Waals surface area contributed by atoms with Gasteiger partial charge in [-0.3, -0.25) is 4.72 Å². The highest BCUT2D eigenvalue weighted by atomic mass is 35.5. The molecule has 0 fully saturated rings. The average Bonchev–Trinajstić information content (AvgIpc) is 3.25. The Hall–Kier alpha value is -2.16. The van der Waals surface area contributed by atoms with Gasteiger partial charge in [-0.25, -0.2) is 13.4 Å². The normalized spacial score (nSPS) is 13.4. The molecule has 6 nitrogen and oxygen atoms in total. The zero-order valence-electron chi connectivity index (χ0n) is 15.3. The van der Waals surface area contributed by atoms with E-state index in [0.717, 1.165) is 28.7 Å². The predicted molar refractivity (Wildman–Crippen MR) is 112 cm³/mol. The smallest absolute Gasteiger partial charge is 0.262 e. The lowest BCUT2D eigenvalue weighted by Crippen LogP contribution is -2.14. The molecule has 0 unspecified atom stereocenters. The maximum absolute atomic E-state index is 12.8. The highest BCUT2D eigenvalue weighted by molar-refractivity contribution is 7.99. The van der Waals surface area contributed by atoms with E-state index in [4.69, 9.17) is 16.3 Å². The molecule has 0 atom stereocenters. The van der Waals surface area contributed by atoms with Crippen LogP contribution in [0.15, 0.2) is 52.6 Å². The van der Waals surface area contributed by atoms with E-state index in [1.165, 1.54) is 13.2 Å². The first-order valence-corrected chi connectivity index (χ1v) is 11.4. The van der Waals surface area contributed by atoms with E-state index in [9.17, 15) is 8.42 Å². The lowest BCUT2D eigenvalue weighted by Gasteiger charge is -2.13. The van der Waals surface area contributed by atoms with Crippen LogP contribution in [0.3, 0.4) is 0 Å². The number of ether oxygens (including phenoxy) is 1. The summed E-state index contributed by atoms with van der Waals surface area (Å²) in [7, 11) is -2.29. The fraction of sp³-hybridized carbons (Fsp3) is 0.211. The van der Waals surface area contributed by atoms with Gasteiger partial charge >= 0.3 is 0 Å². The van der Waals surface area contributed by atoms with Crippen LogP contribution in [-0.4, -0.2) is 30.8 Å². The molecular weight excluding hydrogens is 418 g/mol. The maximum Gasteiger partial charge on any atom is 0.262 e. The van der Waals surface area contributed by atoms with Crippen LogP contribution in [0.5, 0.6) is 5.75 Å². The summed E-state index contributed by atoms with van der Waals surface area (Å²) in [5.41, 5.74) is 2.84. The molecule has 0 aliphatic carbocycles. The largest absolute Gasteiger partial charge is 0.495 e. The van der Waals surface area contributed by atoms with E-state index in [0.29, 0.717) is 17.0 Å². The molecule has 1 N–H and O–H groups in total. The van der Waals surface area contributed by atoms with Gasteiger partial charge in [0.2, 0.25) is 0 Å². The summed E-state index contributed by atoms with van der Waals surface area (Å²) < 4.78 is 35.5. The minimum absolute atomic E-state index is 0.116. The van der Waals surface area contributed by atoms with Crippen molar-refractivity contribution in [2.75, 3.05) is 17.6 Å². The van der Waals surface area contributed by atoms with Gasteiger partial charge in [-0.05, 0) is 36.8 Å². The van der Waals surface area contributed by atoms with Gasteiger partial charge in [-0.1, -0.05) is 35.5 Å². The summed E-state index contributed by atoms with van der Waals surface area (Å²) in [6, 6.07) is 10.2. The Labute approximate surface area is 172 Å². The van der Waals surface area contributed by atoms with E-state index in [1.54, 1.807) is 36.9 Å². The monoisotopic (exact) mass is 435 g/mol. The standard InChI is InChI=1S/C19H18ClN3O3S2/c1-12-9-17(26-2)15(20)10-18(12)28(24,25)22-14-5-3-13(4-6-14)16-11-23-7-8-27-19(23)21-16/h3-6,9-11,22H,7-8H2,1-2H3. The summed E-state index contributed by atoms with van der Waals surface area (Å²) >= 11 is 7.84. The van der Waals surface area contributed by atoms with Crippen LogP contribution in [-0.2, 0) is 16.6 Å². The number of halogens is 1. The quantitative estimate of drug-likeness (QED) is 0.641. The Bertz CT molecular complexity index is 1120. The number of aryl methyl sites for hydroxylation is 2. The number of fused-ring (bicyclic) bond motifs is 1. The number of hydrogen-bond donors (Lipinski definition) is 1. The first-order chi connectivity index (χ1) is 13.4. The Morgan fingerprint density at radius 3 is 2.68 bits per heavy atom. The van der Waals surface area contributed by atoms with Gasteiger partial charge in [0.05, 0.1) is 22.7 Å². The zero-order valence-corrected chi connectivity index (χ0v) is 17.7. The van der Waals surface area contributed by atoms with E-state index in [-0.39, 0.29) is 9.92 Å². The van der Waals surface area contributed by atoms with Crippen LogP contribution in [0.1, 0.15) is 5.56 Å². The van der Waals surface area contributed by atoms with Crippen molar-refractivity contribution < 1.29 is 13.2 Å². The van der Waals surface area contributed by atoms with Crippen molar-refractivity contribution in [3.63, 3.8) is 0 Å². The Kier molecular flexibility index (Phi) is 5.03. The number of methoxy groups -OCH3 is 1. The molecule has 28 heavy (non-hydrogen) atoms. The molecule has 0 saturated heterocycles. The molecule has 1 aliphatic rings. The Morgan fingerprint density at radius 2 is 2.00 bits per heavy atom. The van der Waals surface area contributed by atoms with E-state index in [2.05, 4.69) is 14.3 Å². The van der Waals surface area contributed by atoms with E-state index in [1.807, 2.05) is 18.3 Å². The van der Waals surface area contributed by atoms with Crippen LogP contribution in [0.4, 0.5) is 5.69 Å². The van der Waals surface area contributed by atoms with Gasteiger partial charge < -0.3 is 9.30 Å². The number of hydrogen-bond acceptors (Lipinski definition) is 5. The molecular formula is C19H18ClN3O3S2. The predicted octanol–water partition coefficient (Wildman–Crippen LogP) is 4.43. The van der Waals surface area contributed by atoms with Crippen molar-refractivity contribution in [2.45, 2.75) is 23.5 Å². The highest BCUT2D eigenvalue weighted by Gasteiger charge is 2.20. The van der Waals surface area contributed by atoms with Gasteiger partial charge in [0.1, 0.15) is 5.75 Å². The number of nitrogens with zero attached hydrogens (tertiary/aromatic N) is 2. The van der Waals surface area contributed by atoms with Crippen molar-refractivity contribution >= 4 is 39.1 Å². The lowest BCUT2D eigenvalue weighted by molar-refractivity contribution is 0.414. The lowest BCUT2D eigenvalue weighted by atomic mass is 10.1. The molecule has 0 amide bonds. The maximum atomic E-state index is 12.8. The molecule has 2 heterocycles. The molecule has 0 spiro atoms. The molecule has 4 rings (SSSR count). The molecule has 0 radical (unpaired) electrons. The summed E-state index contributed by atoms with van der Waals surface area (Å²) in [5.74, 6) is 1.49. The Morgan fingerprint density at radius 1 is 1.25 bits per heavy atom. The van der Waals surface area contributed by atoms with Crippen LogP contribution < -0.4 is 9.46 Å². The molecule has 0 saturated carbocycles. The third-order valence-electron chi connectivity index (χ3n) is 4.48. The van der Waals surface area contributed by atoms with Crippen molar-refractivity contribution in [3.05, 3.63) is 53.2 Å². The van der Waals surface area contributed by atoms with Crippen LogP contribution >= 0.6 is 23.4 Å². The van der Waals surface area contributed by atoms with E-state index < -0.39 is 10.0 Å². The summed E-state index contributed by atoms with van der Waals surface area (Å²) in [5, 5.41) is 1.26. The molecule has 146 valence electrons. The number of thioether (sulfide) groups is 1. The van der Waals surface area contributed by atoms with Crippen molar-refractivity contribution in [2.24, 2.45) is 0 Å². The first kappa shape index (κ1) is 19.2. The molecule has 0 bridgehead atoms. The Balaban J connectivity index is 1.57. The number of nitrogens with one attached hydrogen (secondary N) is 1. The minimum atomic E-state index is -3.78. The molecule has 3 aromatic rings. The van der Waals surface area contributed by atoms with Gasteiger partial charge in [0.25, 0.3) is 10.0 Å². The number of benzene rings is 2. The molecule has 1 aliphatic heterocycles. The molecule has 9 heteroatoms. The number of anilines is 1. The summed E-state index contributed by atoms with van der Waals surface area (Å²) in [6.07, 6.45) is 2.03. The summed E-state index contributed by atoms with van der Waals surface area (Å²) in [6.45, 7) is 2.67. The van der Waals surface area contributed by atoms with E-state index >= 15 is 0 Å². The SMILES string of the molecule is COc1cc(C)c(S(=O)(=O)Nc2ccc(-c3cn4c(n3)SCC4)cc2)cc1Cl. The number of sulfonamides is 1. The van der Waals surface area contributed by atoms with Crippen LogP contribution in [0.25, 0.3) is 11.3 Å². The van der Waals surface area contributed by atoms with Crippen molar-refractivity contribution in [1.82, 2.24) is 9.55 Å². The third-order valence-corrected chi connectivity index (χ3v) is 7.26. The second-order valence-corrected chi connectivity index (χ2v) is 9.51. The fourth-order valence-corrected chi connectivity index (χ4v) is 5.61. The number of imidazole rings is 1. The van der Waals surface area contributed by atoms with Gasteiger partial charge in [0, 0.05) is 29.7 Å². The molecule has 1 aromatic heterocycles. The number of aromatic nitrogens is 2. The van der Waals surface area contributed by atoms with Gasteiger partial charge in [0.15, 0.2) is 5.16 Å².